The van der Waals surface area contributed by atoms with Gasteiger partial charge in [-0.3, -0.25) is 9.35 Å². The molecule has 3 N–H and O–H groups in total. The SMILES string of the molecule is C[C@H](CCC(=O)O)C1CC[C@@H]2C1[C@@H](O)C[C@H]1[C@H]2CC[C@@H]2C[C@H](OS(=O)(=O)O)CC[C@@]21C. The van der Waals surface area contributed by atoms with E-state index < -0.39 is 22.5 Å². The van der Waals surface area contributed by atoms with E-state index in [1.54, 1.807) is 0 Å². The van der Waals surface area contributed by atoms with Crippen molar-refractivity contribution in [3.05, 3.63) is 0 Å². The number of carboxylic acid groups (broad SMARTS) is 1. The van der Waals surface area contributed by atoms with Gasteiger partial charge in [0.25, 0.3) is 0 Å². The minimum atomic E-state index is -4.43. The Morgan fingerprint density at radius 3 is 2.52 bits per heavy atom. The summed E-state index contributed by atoms with van der Waals surface area (Å²) in [7, 11) is -4.43. The van der Waals surface area contributed by atoms with Crippen molar-refractivity contribution in [3.8, 4) is 0 Å². The van der Waals surface area contributed by atoms with Gasteiger partial charge in [-0.25, -0.2) is 4.18 Å². The zero-order chi connectivity index (χ0) is 22.6. The summed E-state index contributed by atoms with van der Waals surface area (Å²) in [6, 6.07) is 0. The molecule has 0 spiro atoms. The third-order valence-corrected chi connectivity index (χ3v) is 10.3. The van der Waals surface area contributed by atoms with E-state index in [0.717, 1.165) is 38.5 Å². The first-order valence-electron chi connectivity index (χ1n) is 12.0. The van der Waals surface area contributed by atoms with Gasteiger partial charge in [-0.1, -0.05) is 13.8 Å². The Balaban J connectivity index is 1.47. The van der Waals surface area contributed by atoms with Crippen LogP contribution in [0.2, 0.25) is 0 Å². The summed E-state index contributed by atoms with van der Waals surface area (Å²) in [5.74, 6) is 2.14. The van der Waals surface area contributed by atoms with Crippen LogP contribution in [0, 0.1) is 46.8 Å². The van der Waals surface area contributed by atoms with Crippen LogP contribution in [0.3, 0.4) is 0 Å². The summed E-state index contributed by atoms with van der Waals surface area (Å²) in [6.45, 7) is 4.48. The van der Waals surface area contributed by atoms with Gasteiger partial charge < -0.3 is 10.2 Å². The molecular formula is C23H38O7S. The van der Waals surface area contributed by atoms with Crippen molar-refractivity contribution in [1.29, 1.82) is 0 Å². The Morgan fingerprint density at radius 2 is 1.84 bits per heavy atom. The molecule has 0 amide bonds. The first-order valence-corrected chi connectivity index (χ1v) is 13.4. The van der Waals surface area contributed by atoms with Crippen LogP contribution in [0.15, 0.2) is 0 Å². The van der Waals surface area contributed by atoms with Gasteiger partial charge in [0.15, 0.2) is 0 Å². The molecule has 10 atom stereocenters. The molecule has 31 heavy (non-hydrogen) atoms. The number of carbonyl (C=O) groups is 1. The Morgan fingerprint density at radius 1 is 1.13 bits per heavy atom. The summed E-state index contributed by atoms with van der Waals surface area (Å²) in [6.07, 6.45) is 7.38. The minimum Gasteiger partial charge on any atom is -0.481 e. The second-order valence-corrected chi connectivity index (χ2v) is 12.2. The van der Waals surface area contributed by atoms with Crippen LogP contribution in [0.5, 0.6) is 0 Å². The van der Waals surface area contributed by atoms with Crippen molar-refractivity contribution in [2.24, 2.45) is 46.8 Å². The zero-order valence-corrected chi connectivity index (χ0v) is 19.5. The van der Waals surface area contributed by atoms with E-state index in [2.05, 4.69) is 13.8 Å². The van der Waals surface area contributed by atoms with Gasteiger partial charge in [0.05, 0.1) is 12.2 Å². The van der Waals surface area contributed by atoms with E-state index in [-0.39, 0.29) is 23.9 Å². The molecular weight excluding hydrogens is 420 g/mol. The van der Waals surface area contributed by atoms with E-state index in [0.29, 0.717) is 54.8 Å². The van der Waals surface area contributed by atoms with E-state index in [9.17, 15) is 18.3 Å². The molecule has 178 valence electrons. The van der Waals surface area contributed by atoms with Gasteiger partial charge in [0.1, 0.15) is 0 Å². The molecule has 4 aliphatic carbocycles. The van der Waals surface area contributed by atoms with Crippen molar-refractivity contribution >= 4 is 16.4 Å². The summed E-state index contributed by atoms with van der Waals surface area (Å²) < 4.78 is 36.3. The number of aliphatic hydroxyl groups excluding tert-OH is 1. The average Bonchev–Trinajstić information content (AvgIpc) is 3.12. The summed E-state index contributed by atoms with van der Waals surface area (Å²) in [5, 5.41) is 20.3. The van der Waals surface area contributed by atoms with E-state index in [4.69, 9.17) is 13.8 Å². The molecule has 0 saturated heterocycles. The first kappa shape index (κ1) is 23.5. The lowest BCUT2D eigenvalue weighted by Crippen LogP contribution is -2.55. The highest BCUT2D eigenvalue weighted by molar-refractivity contribution is 7.80. The largest absolute Gasteiger partial charge is 0.481 e. The molecule has 2 unspecified atom stereocenters. The summed E-state index contributed by atoms with van der Waals surface area (Å²) in [5.41, 5.74) is 0.0704. The Labute approximate surface area is 185 Å². The van der Waals surface area contributed by atoms with Crippen LogP contribution >= 0.6 is 0 Å². The lowest BCUT2D eigenvalue weighted by molar-refractivity contribution is -0.141. The van der Waals surface area contributed by atoms with Crippen molar-refractivity contribution in [3.63, 3.8) is 0 Å². The molecule has 0 aliphatic heterocycles. The monoisotopic (exact) mass is 458 g/mol. The molecule has 0 heterocycles. The highest BCUT2D eigenvalue weighted by Gasteiger charge is 2.59. The molecule has 0 bridgehead atoms. The van der Waals surface area contributed by atoms with Gasteiger partial charge in [-0.05, 0) is 105 Å². The van der Waals surface area contributed by atoms with Crippen molar-refractivity contribution in [2.75, 3.05) is 0 Å². The van der Waals surface area contributed by atoms with Crippen LogP contribution in [0.25, 0.3) is 0 Å². The highest BCUT2D eigenvalue weighted by atomic mass is 32.3. The van der Waals surface area contributed by atoms with Crippen LogP contribution in [-0.4, -0.2) is 41.4 Å². The predicted molar refractivity (Wildman–Crippen MR) is 114 cm³/mol. The third kappa shape index (κ3) is 4.55. The third-order valence-electron chi connectivity index (χ3n) is 9.81. The number of fused-ring (bicyclic) bond motifs is 5. The molecule has 0 aromatic rings. The molecule has 4 saturated carbocycles. The van der Waals surface area contributed by atoms with Gasteiger partial charge in [0, 0.05) is 6.42 Å². The van der Waals surface area contributed by atoms with E-state index in [1.807, 2.05) is 0 Å². The highest BCUT2D eigenvalue weighted by Crippen LogP contribution is 2.64. The maximum atomic E-state index is 11.3. The normalized spacial score (nSPS) is 45.9. The second kappa shape index (κ2) is 8.58. The maximum absolute atomic E-state index is 11.3. The lowest BCUT2D eigenvalue weighted by atomic mass is 9.46. The van der Waals surface area contributed by atoms with Gasteiger partial charge in [0.2, 0.25) is 0 Å². The smallest absolute Gasteiger partial charge is 0.397 e. The van der Waals surface area contributed by atoms with Gasteiger partial charge in [-0.2, -0.15) is 8.42 Å². The van der Waals surface area contributed by atoms with Crippen LogP contribution in [-0.2, 0) is 19.4 Å². The quantitative estimate of drug-likeness (QED) is 0.516. The Kier molecular flexibility index (Phi) is 6.49. The molecule has 0 aromatic heterocycles. The second-order valence-electron chi connectivity index (χ2n) is 11.2. The maximum Gasteiger partial charge on any atom is 0.397 e. The fourth-order valence-corrected chi connectivity index (χ4v) is 8.94. The molecule has 4 rings (SSSR count). The van der Waals surface area contributed by atoms with Crippen LogP contribution in [0.1, 0.15) is 78.1 Å². The van der Waals surface area contributed by atoms with Gasteiger partial charge in [-0.15, -0.1) is 0 Å². The number of aliphatic carboxylic acids is 1. The van der Waals surface area contributed by atoms with E-state index >= 15 is 0 Å². The zero-order valence-electron chi connectivity index (χ0n) is 18.7. The van der Waals surface area contributed by atoms with E-state index in [1.165, 1.54) is 0 Å². The van der Waals surface area contributed by atoms with Crippen LogP contribution < -0.4 is 0 Å². The predicted octanol–water partition coefficient (Wildman–Crippen LogP) is 3.91. The van der Waals surface area contributed by atoms with Crippen molar-refractivity contribution in [2.45, 2.75) is 90.3 Å². The molecule has 7 nitrogen and oxygen atoms in total. The van der Waals surface area contributed by atoms with Crippen LogP contribution in [0.4, 0.5) is 0 Å². The Bertz CT molecular complexity index is 783. The fraction of sp³-hybridized carbons (Fsp3) is 0.957. The first-order chi connectivity index (χ1) is 14.5. The molecule has 0 radical (unpaired) electrons. The number of hydrogen-bond donors (Lipinski definition) is 3. The molecule has 8 heteroatoms. The molecule has 0 aromatic carbocycles. The average molecular weight is 459 g/mol. The molecule has 4 fully saturated rings. The molecule has 4 aliphatic rings. The lowest BCUT2D eigenvalue weighted by Gasteiger charge is -2.60. The van der Waals surface area contributed by atoms with Crippen molar-refractivity contribution < 1.29 is 32.2 Å². The minimum absolute atomic E-state index is 0.0704. The Hall–Kier alpha value is -0.700. The van der Waals surface area contributed by atoms with Gasteiger partial charge >= 0.3 is 16.4 Å². The topological polar surface area (TPSA) is 121 Å². The summed E-state index contributed by atoms with van der Waals surface area (Å²) in [4.78, 5) is 11.0. The number of rotatable bonds is 6. The van der Waals surface area contributed by atoms with Crippen molar-refractivity contribution in [1.82, 2.24) is 0 Å². The standard InChI is InChI=1S/C23H38O7S/c1-13(3-8-21(25)26)16-6-7-18-17-5-4-14-11-15(30-31(27,28)29)9-10-23(14,2)19(17)12-20(24)22(16)18/h13-20,22,24H,3-12H2,1-2H3,(H,25,26)(H,27,28,29)/t13-,14-,15-,16?,17+,18+,19+,20+,22?,23+/m1/s1. The number of carboxylic acids is 1. The number of hydrogen-bond acceptors (Lipinski definition) is 5. The fourth-order valence-electron chi connectivity index (χ4n) is 8.42. The summed E-state index contributed by atoms with van der Waals surface area (Å²) >= 11 is 0. The number of aliphatic hydroxyl groups is 1.